The minimum Gasteiger partial charge on any atom is -0.342 e. The standard InChI is InChI=1S/C19H14N2O/c22-19(14-6-2-1-3-7-14)16-10-11-21-13-15-8-4-5-9-17(15)20-12-18(16)21/h1-12H,13H2. The Morgan fingerprint density at radius 1 is 0.955 bits per heavy atom. The SMILES string of the molecule is O=C(c1ccccc1)c1ccn2c1C=Nc1ccccc1C2. The molecule has 0 bridgehead atoms. The molecule has 1 aromatic heterocycles. The molecule has 1 aliphatic rings. The Morgan fingerprint density at radius 2 is 1.73 bits per heavy atom. The minimum absolute atomic E-state index is 0.0340. The van der Waals surface area contributed by atoms with E-state index in [2.05, 4.69) is 15.6 Å². The highest BCUT2D eigenvalue weighted by atomic mass is 16.1. The van der Waals surface area contributed by atoms with Crippen LogP contribution in [-0.4, -0.2) is 16.6 Å². The van der Waals surface area contributed by atoms with E-state index in [1.807, 2.05) is 60.8 Å². The van der Waals surface area contributed by atoms with Crippen LogP contribution in [-0.2, 0) is 6.54 Å². The van der Waals surface area contributed by atoms with Crippen molar-refractivity contribution in [2.75, 3.05) is 0 Å². The average Bonchev–Trinajstić information content (AvgIpc) is 2.87. The van der Waals surface area contributed by atoms with E-state index in [9.17, 15) is 4.79 Å². The van der Waals surface area contributed by atoms with Gasteiger partial charge in [0.15, 0.2) is 5.78 Å². The number of ketones is 1. The van der Waals surface area contributed by atoms with Crippen LogP contribution in [0.1, 0.15) is 27.2 Å². The number of hydrogen-bond acceptors (Lipinski definition) is 2. The summed E-state index contributed by atoms with van der Waals surface area (Å²) in [4.78, 5) is 17.2. The first kappa shape index (κ1) is 12.8. The van der Waals surface area contributed by atoms with Gasteiger partial charge in [0.05, 0.1) is 17.6 Å². The van der Waals surface area contributed by atoms with Crippen LogP contribution in [0.3, 0.4) is 0 Å². The number of carbonyl (C=O) groups excluding carboxylic acids is 1. The third kappa shape index (κ3) is 2.07. The van der Waals surface area contributed by atoms with Crippen molar-refractivity contribution in [1.29, 1.82) is 0 Å². The normalized spacial score (nSPS) is 12.4. The van der Waals surface area contributed by atoms with E-state index >= 15 is 0 Å². The highest BCUT2D eigenvalue weighted by Crippen LogP contribution is 2.25. The summed E-state index contributed by atoms with van der Waals surface area (Å²) in [6, 6.07) is 19.3. The van der Waals surface area contributed by atoms with Gasteiger partial charge in [0, 0.05) is 23.9 Å². The molecule has 1 aliphatic heterocycles. The summed E-state index contributed by atoms with van der Waals surface area (Å²) in [7, 11) is 0. The first-order valence-electron chi connectivity index (χ1n) is 7.24. The number of para-hydroxylation sites is 1. The molecule has 106 valence electrons. The number of carbonyl (C=O) groups is 1. The van der Waals surface area contributed by atoms with Crippen LogP contribution < -0.4 is 0 Å². The van der Waals surface area contributed by atoms with Gasteiger partial charge in [0.2, 0.25) is 0 Å². The molecule has 3 nitrogen and oxygen atoms in total. The molecule has 2 aromatic carbocycles. The zero-order chi connectivity index (χ0) is 14.9. The van der Waals surface area contributed by atoms with Gasteiger partial charge >= 0.3 is 0 Å². The second-order valence-electron chi connectivity index (χ2n) is 5.32. The molecule has 0 unspecified atom stereocenters. The third-order valence-electron chi connectivity index (χ3n) is 3.95. The third-order valence-corrected chi connectivity index (χ3v) is 3.95. The van der Waals surface area contributed by atoms with Crippen LogP contribution >= 0.6 is 0 Å². The van der Waals surface area contributed by atoms with Crippen LogP contribution in [0.25, 0.3) is 0 Å². The fourth-order valence-corrected chi connectivity index (χ4v) is 2.79. The first-order valence-corrected chi connectivity index (χ1v) is 7.24. The van der Waals surface area contributed by atoms with Crippen LogP contribution in [0.2, 0.25) is 0 Å². The van der Waals surface area contributed by atoms with Crippen LogP contribution in [0.4, 0.5) is 5.69 Å². The van der Waals surface area contributed by atoms with Crippen molar-refractivity contribution in [3.05, 3.63) is 89.2 Å². The highest BCUT2D eigenvalue weighted by molar-refractivity contribution is 6.13. The molecule has 0 fully saturated rings. The molecule has 0 amide bonds. The van der Waals surface area contributed by atoms with Gasteiger partial charge in [-0.2, -0.15) is 0 Å². The van der Waals surface area contributed by atoms with Gasteiger partial charge in [-0.1, -0.05) is 48.5 Å². The molecule has 22 heavy (non-hydrogen) atoms. The van der Waals surface area contributed by atoms with Gasteiger partial charge < -0.3 is 4.57 Å². The van der Waals surface area contributed by atoms with E-state index in [0.29, 0.717) is 11.1 Å². The summed E-state index contributed by atoms with van der Waals surface area (Å²) in [5, 5.41) is 0. The monoisotopic (exact) mass is 286 g/mol. The van der Waals surface area contributed by atoms with Gasteiger partial charge in [0.1, 0.15) is 0 Å². The topological polar surface area (TPSA) is 34.4 Å². The lowest BCUT2D eigenvalue weighted by Gasteiger charge is -2.06. The fourth-order valence-electron chi connectivity index (χ4n) is 2.79. The van der Waals surface area contributed by atoms with Gasteiger partial charge in [-0.3, -0.25) is 9.79 Å². The second kappa shape index (κ2) is 5.11. The molecule has 0 saturated carbocycles. The Bertz CT molecular complexity index is 875. The van der Waals surface area contributed by atoms with Crippen molar-refractivity contribution in [2.45, 2.75) is 6.54 Å². The number of aliphatic imine (C=N–C) groups is 1. The van der Waals surface area contributed by atoms with Crippen molar-refractivity contribution in [1.82, 2.24) is 4.57 Å². The smallest absolute Gasteiger partial charge is 0.195 e. The summed E-state index contributed by atoms with van der Waals surface area (Å²) >= 11 is 0. The van der Waals surface area contributed by atoms with E-state index in [4.69, 9.17) is 0 Å². The van der Waals surface area contributed by atoms with E-state index in [0.717, 1.165) is 23.5 Å². The van der Waals surface area contributed by atoms with Crippen molar-refractivity contribution in [3.8, 4) is 0 Å². The Hall–Kier alpha value is -2.94. The zero-order valence-electron chi connectivity index (χ0n) is 11.9. The molecule has 2 heterocycles. The minimum atomic E-state index is 0.0340. The van der Waals surface area contributed by atoms with Crippen molar-refractivity contribution >= 4 is 17.7 Å². The van der Waals surface area contributed by atoms with Gasteiger partial charge in [0.25, 0.3) is 0 Å². The predicted molar refractivity (Wildman–Crippen MR) is 87.1 cm³/mol. The maximum absolute atomic E-state index is 12.7. The second-order valence-corrected chi connectivity index (χ2v) is 5.32. The van der Waals surface area contributed by atoms with Crippen LogP contribution in [0.5, 0.6) is 0 Å². The number of hydrogen-bond donors (Lipinski definition) is 0. The average molecular weight is 286 g/mol. The Labute approximate surface area is 128 Å². The molecular weight excluding hydrogens is 272 g/mol. The van der Waals surface area contributed by atoms with E-state index in [1.165, 1.54) is 0 Å². The molecule has 0 aliphatic carbocycles. The Morgan fingerprint density at radius 3 is 2.59 bits per heavy atom. The quantitative estimate of drug-likeness (QED) is 0.516. The maximum atomic E-state index is 12.7. The van der Waals surface area contributed by atoms with Crippen LogP contribution in [0.15, 0.2) is 71.9 Å². The van der Waals surface area contributed by atoms with Gasteiger partial charge in [-0.05, 0) is 17.7 Å². The Kier molecular flexibility index (Phi) is 2.97. The number of fused-ring (bicyclic) bond motifs is 2. The largest absolute Gasteiger partial charge is 0.342 e. The number of rotatable bonds is 2. The van der Waals surface area contributed by atoms with E-state index in [1.54, 1.807) is 6.21 Å². The lowest BCUT2D eigenvalue weighted by Crippen LogP contribution is -2.07. The molecule has 0 spiro atoms. The highest BCUT2D eigenvalue weighted by Gasteiger charge is 2.18. The number of aromatic nitrogens is 1. The zero-order valence-corrected chi connectivity index (χ0v) is 11.9. The molecular formula is C19H14N2O. The molecule has 4 rings (SSSR count). The molecule has 3 aromatic rings. The first-order chi connectivity index (χ1) is 10.8. The van der Waals surface area contributed by atoms with Gasteiger partial charge in [-0.15, -0.1) is 0 Å². The summed E-state index contributed by atoms with van der Waals surface area (Å²) in [6.07, 6.45) is 3.75. The number of benzene rings is 2. The van der Waals surface area contributed by atoms with Crippen molar-refractivity contribution in [2.24, 2.45) is 4.99 Å². The maximum Gasteiger partial charge on any atom is 0.195 e. The van der Waals surface area contributed by atoms with E-state index in [-0.39, 0.29) is 5.78 Å². The summed E-state index contributed by atoms with van der Waals surface area (Å²) < 4.78 is 2.07. The Balaban J connectivity index is 1.79. The van der Waals surface area contributed by atoms with E-state index < -0.39 is 0 Å². The molecule has 0 radical (unpaired) electrons. The summed E-state index contributed by atoms with van der Waals surface area (Å²) in [5.74, 6) is 0.0340. The molecule has 0 atom stereocenters. The lowest BCUT2D eigenvalue weighted by molar-refractivity contribution is 0.103. The fraction of sp³-hybridized carbons (Fsp3) is 0.0526. The molecule has 0 N–H and O–H groups in total. The molecule has 3 heteroatoms. The predicted octanol–water partition coefficient (Wildman–Crippen LogP) is 3.83. The van der Waals surface area contributed by atoms with Gasteiger partial charge in [-0.25, -0.2) is 0 Å². The van der Waals surface area contributed by atoms with Crippen molar-refractivity contribution in [3.63, 3.8) is 0 Å². The van der Waals surface area contributed by atoms with Crippen LogP contribution in [0, 0.1) is 0 Å². The number of nitrogens with zero attached hydrogens (tertiary/aromatic N) is 2. The lowest BCUT2D eigenvalue weighted by atomic mass is 10.0. The summed E-state index contributed by atoms with van der Waals surface area (Å²) in [5.41, 5.74) is 4.38. The summed E-state index contributed by atoms with van der Waals surface area (Å²) in [6.45, 7) is 0.730. The van der Waals surface area contributed by atoms with Crippen molar-refractivity contribution < 1.29 is 4.79 Å². The molecule has 0 saturated heterocycles.